The molecule has 5 heteroatoms. The molecule has 1 aromatic carbocycles. The summed E-state index contributed by atoms with van der Waals surface area (Å²) in [6.45, 7) is 0.656. The zero-order chi connectivity index (χ0) is 12.3. The summed E-state index contributed by atoms with van der Waals surface area (Å²) >= 11 is 15.4. The van der Waals surface area contributed by atoms with E-state index in [0.29, 0.717) is 16.6 Å². The molecule has 0 aliphatic heterocycles. The molecule has 0 atom stereocenters. The van der Waals surface area contributed by atoms with Gasteiger partial charge in [0.1, 0.15) is 0 Å². The maximum atomic E-state index is 6.02. The first-order chi connectivity index (χ1) is 8.16. The molecule has 2 nitrogen and oxygen atoms in total. The maximum absolute atomic E-state index is 6.02. The Morgan fingerprint density at radius 3 is 2.76 bits per heavy atom. The quantitative estimate of drug-likeness (QED) is 0.876. The van der Waals surface area contributed by atoms with Crippen LogP contribution in [0.25, 0.3) is 0 Å². The minimum Gasteiger partial charge on any atom is -0.378 e. The average Bonchev–Trinajstić information content (AvgIpc) is 2.30. The van der Waals surface area contributed by atoms with Crippen LogP contribution in [0, 0.1) is 0 Å². The van der Waals surface area contributed by atoms with Crippen LogP contribution >= 0.6 is 39.1 Å². The summed E-state index contributed by atoms with van der Waals surface area (Å²) in [6, 6.07) is 7.43. The summed E-state index contributed by atoms with van der Waals surface area (Å²) in [5.41, 5.74) is 1.92. The molecule has 0 aliphatic rings. The fourth-order valence-electron chi connectivity index (χ4n) is 1.36. The lowest BCUT2D eigenvalue weighted by atomic mass is 10.2. The van der Waals surface area contributed by atoms with Crippen molar-refractivity contribution in [2.24, 2.45) is 0 Å². The van der Waals surface area contributed by atoms with E-state index >= 15 is 0 Å². The Hall–Kier alpha value is -0.770. The van der Waals surface area contributed by atoms with Gasteiger partial charge >= 0.3 is 0 Å². The number of pyridine rings is 1. The second-order valence-electron chi connectivity index (χ2n) is 3.44. The Kier molecular flexibility index (Phi) is 4.26. The molecule has 88 valence electrons. The molecule has 1 N–H and O–H groups in total. The molecular weight excluding hydrogens is 323 g/mol. The van der Waals surface area contributed by atoms with Crippen molar-refractivity contribution in [1.29, 1.82) is 0 Å². The van der Waals surface area contributed by atoms with Crippen LogP contribution in [0.2, 0.25) is 10.0 Å². The number of nitrogens with zero attached hydrogens (tertiary/aromatic N) is 1. The Morgan fingerprint density at radius 1 is 1.24 bits per heavy atom. The van der Waals surface area contributed by atoms with Crippen molar-refractivity contribution in [3.8, 4) is 0 Å². The van der Waals surface area contributed by atoms with Crippen LogP contribution in [0.4, 0.5) is 5.69 Å². The van der Waals surface area contributed by atoms with Crippen molar-refractivity contribution in [3.05, 3.63) is 56.7 Å². The third kappa shape index (κ3) is 3.35. The van der Waals surface area contributed by atoms with Gasteiger partial charge in [0, 0.05) is 22.2 Å². The largest absolute Gasteiger partial charge is 0.378 e. The normalized spacial score (nSPS) is 10.3. The summed E-state index contributed by atoms with van der Waals surface area (Å²) in [5, 5.41) is 4.59. The summed E-state index contributed by atoms with van der Waals surface area (Å²) < 4.78 is 0.970. The third-order valence-corrected chi connectivity index (χ3v) is 3.56. The smallest absolute Gasteiger partial charge is 0.0718 e. The predicted molar refractivity (Wildman–Crippen MR) is 75.7 cm³/mol. The molecule has 0 aliphatic carbocycles. The van der Waals surface area contributed by atoms with Crippen molar-refractivity contribution in [2.45, 2.75) is 6.54 Å². The van der Waals surface area contributed by atoms with Gasteiger partial charge in [-0.25, -0.2) is 0 Å². The number of aromatic nitrogens is 1. The second-order valence-corrected chi connectivity index (χ2v) is 5.14. The van der Waals surface area contributed by atoms with E-state index in [2.05, 4.69) is 26.2 Å². The van der Waals surface area contributed by atoms with Crippen LogP contribution in [-0.2, 0) is 6.54 Å². The van der Waals surface area contributed by atoms with Gasteiger partial charge in [0.2, 0.25) is 0 Å². The first-order valence-corrected chi connectivity index (χ1v) is 6.49. The molecule has 0 unspecified atom stereocenters. The fraction of sp³-hybridized carbons (Fsp3) is 0.0833. The first kappa shape index (κ1) is 12.7. The van der Waals surface area contributed by atoms with Crippen molar-refractivity contribution in [1.82, 2.24) is 4.98 Å². The molecule has 1 aromatic heterocycles. The van der Waals surface area contributed by atoms with E-state index in [-0.39, 0.29) is 0 Å². The molecule has 2 rings (SSSR count). The lowest BCUT2D eigenvalue weighted by Gasteiger charge is -2.09. The monoisotopic (exact) mass is 330 g/mol. The van der Waals surface area contributed by atoms with E-state index in [9.17, 15) is 0 Å². The Balaban J connectivity index is 2.10. The number of nitrogens with one attached hydrogen (secondary N) is 1. The van der Waals surface area contributed by atoms with Crippen LogP contribution in [0.3, 0.4) is 0 Å². The molecule has 0 amide bonds. The molecule has 0 saturated carbocycles. The van der Waals surface area contributed by atoms with Gasteiger partial charge < -0.3 is 5.32 Å². The Labute approximate surface area is 118 Å². The highest BCUT2D eigenvalue weighted by atomic mass is 79.9. The summed E-state index contributed by atoms with van der Waals surface area (Å²) in [7, 11) is 0. The molecule has 17 heavy (non-hydrogen) atoms. The highest BCUT2D eigenvalue weighted by molar-refractivity contribution is 9.10. The summed E-state index contributed by atoms with van der Waals surface area (Å²) in [4.78, 5) is 4.01. The highest BCUT2D eigenvalue weighted by Gasteiger charge is 2.03. The van der Waals surface area contributed by atoms with Gasteiger partial charge in [0.25, 0.3) is 0 Å². The fourth-order valence-corrected chi connectivity index (χ4v) is 2.36. The van der Waals surface area contributed by atoms with Gasteiger partial charge in [0.15, 0.2) is 0 Å². The molecular formula is C12H9BrCl2N2. The number of halogens is 3. The first-order valence-electron chi connectivity index (χ1n) is 4.94. The zero-order valence-electron chi connectivity index (χ0n) is 8.75. The lowest BCUT2D eigenvalue weighted by molar-refractivity contribution is 1.13. The lowest BCUT2D eigenvalue weighted by Crippen LogP contribution is -2.01. The van der Waals surface area contributed by atoms with E-state index < -0.39 is 0 Å². The standard InChI is InChI=1S/C12H9BrCl2N2/c13-10-5-9(14)2-1-8(10)6-17-12-7-16-4-3-11(12)15/h1-5,7,17H,6H2. The van der Waals surface area contributed by atoms with Gasteiger partial charge in [-0.2, -0.15) is 0 Å². The number of rotatable bonds is 3. The van der Waals surface area contributed by atoms with Gasteiger partial charge in [-0.05, 0) is 23.8 Å². The van der Waals surface area contributed by atoms with Crippen LogP contribution in [-0.4, -0.2) is 4.98 Å². The third-order valence-electron chi connectivity index (χ3n) is 2.25. The summed E-state index contributed by atoms with van der Waals surface area (Å²) in [6.07, 6.45) is 3.36. The van der Waals surface area contributed by atoms with Crippen molar-refractivity contribution in [3.63, 3.8) is 0 Å². The van der Waals surface area contributed by atoms with Crippen LogP contribution in [0.5, 0.6) is 0 Å². The van der Waals surface area contributed by atoms with Crippen molar-refractivity contribution in [2.75, 3.05) is 5.32 Å². The number of hydrogen-bond donors (Lipinski definition) is 1. The minimum atomic E-state index is 0.656. The number of benzene rings is 1. The molecule has 1 heterocycles. The molecule has 0 saturated heterocycles. The molecule has 0 fully saturated rings. The van der Waals surface area contributed by atoms with Crippen LogP contribution in [0.1, 0.15) is 5.56 Å². The van der Waals surface area contributed by atoms with E-state index in [1.807, 2.05) is 18.2 Å². The van der Waals surface area contributed by atoms with Crippen LogP contribution in [0.15, 0.2) is 41.1 Å². The van der Waals surface area contributed by atoms with Gasteiger partial charge in [-0.1, -0.05) is 45.2 Å². The highest BCUT2D eigenvalue weighted by Crippen LogP contribution is 2.24. The number of hydrogen-bond acceptors (Lipinski definition) is 2. The van der Waals surface area contributed by atoms with E-state index in [1.54, 1.807) is 18.5 Å². The predicted octanol–water partition coefficient (Wildman–Crippen LogP) is 4.76. The average molecular weight is 332 g/mol. The zero-order valence-corrected chi connectivity index (χ0v) is 11.9. The van der Waals surface area contributed by atoms with Gasteiger partial charge in [0.05, 0.1) is 16.9 Å². The van der Waals surface area contributed by atoms with E-state index in [4.69, 9.17) is 23.2 Å². The van der Waals surface area contributed by atoms with Crippen LogP contribution < -0.4 is 5.32 Å². The molecule has 0 bridgehead atoms. The van der Waals surface area contributed by atoms with Crippen molar-refractivity contribution < 1.29 is 0 Å². The molecule has 2 aromatic rings. The van der Waals surface area contributed by atoms with Crippen molar-refractivity contribution >= 4 is 44.8 Å². The van der Waals surface area contributed by atoms with E-state index in [1.165, 1.54) is 0 Å². The Morgan fingerprint density at radius 2 is 2.06 bits per heavy atom. The second kappa shape index (κ2) is 5.71. The summed E-state index contributed by atoms with van der Waals surface area (Å²) in [5.74, 6) is 0. The minimum absolute atomic E-state index is 0.656. The number of anilines is 1. The maximum Gasteiger partial charge on any atom is 0.0718 e. The Bertz CT molecular complexity index is 532. The van der Waals surface area contributed by atoms with Gasteiger partial charge in [-0.15, -0.1) is 0 Å². The van der Waals surface area contributed by atoms with Gasteiger partial charge in [-0.3, -0.25) is 4.98 Å². The molecule has 0 spiro atoms. The topological polar surface area (TPSA) is 24.9 Å². The molecule has 0 radical (unpaired) electrons. The SMILES string of the molecule is Clc1ccc(CNc2cnccc2Cl)c(Br)c1. The van der Waals surface area contributed by atoms with E-state index in [0.717, 1.165) is 15.7 Å².